The molecule has 0 bridgehead atoms. The van der Waals surface area contributed by atoms with E-state index in [2.05, 4.69) is 15.9 Å². The lowest BCUT2D eigenvalue weighted by molar-refractivity contribution is -0.360. The number of carbonyl (C=O) groups excluding carboxylic acids is 3. The van der Waals surface area contributed by atoms with Gasteiger partial charge in [0.2, 0.25) is 0 Å². The van der Waals surface area contributed by atoms with Gasteiger partial charge in [-0.05, 0) is 6.42 Å². The number of halogens is 1. The Balaban J connectivity index is 5.18. The molecule has 0 aromatic rings. The van der Waals surface area contributed by atoms with Crippen LogP contribution in [-0.4, -0.2) is 23.2 Å². The largest absolute Gasteiger partial charge is 0.549 e. The van der Waals surface area contributed by atoms with Gasteiger partial charge in [0, 0.05) is 5.33 Å². The molecule has 74 valence electrons. The van der Waals surface area contributed by atoms with Crippen LogP contribution in [0.15, 0.2) is 0 Å². The van der Waals surface area contributed by atoms with Gasteiger partial charge < -0.3 is 29.7 Å². The maximum absolute atomic E-state index is 10.3. The lowest BCUT2D eigenvalue weighted by atomic mass is 9.85. The highest BCUT2D eigenvalue weighted by Crippen LogP contribution is 2.21. The molecule has 0 unspecified atom stereocenters. The van der Waals surface area contributed by atoms with Crippen molar-refractivity contribution in [2.24, 2.45) is 5.41 Å². The van der Waals surface area contributed by atoms with Crippen molar-refractivity contribution in [1.82, 2.24) is 0 Å². The standard InChI is InChI=1S/C6H7BrO6/c7-2-1-6(3(8)9,4(10)11)5(12)13/h1-2H2,(H,8,9)(H,10,11)(H,12,13)/p-3. The van der Waals surface area contributed by atoms with Gasteiger partial charge in [0.25, 0.3) is 0 Å². The molecule has 0 N–H and O–H groups in total. The first-order valence-electron chi connectivity index (χ1n) is 3.10. The molecule has 0 aliphatic heterocycles. The van der Waals surface area contributed by atoms with Crippen LogP contribution >= 0.6 is 15.9 Å². The number of carboxylic acid groups (broad SMARTS) is 3. The molecule has 0 heterocycles. The summed E-state index contributed by atoms with van der Waals surface area (Å²) < 4.78 is 0. The van der Waals surface area contributed by atoms with Crippen LogP contribution in [0.5, 0.6) is 0 Å². The molecule has 0 rings (SSSR count). The van der Waals surface area contributed by atoms with Crippen molar-refractivity contribution < 1.29 is 29.7 Å². The number of rotatable bonds is 5. The molecular formula is C6H4BrO6-3. The number of carbonyl (C=O) groups is 3. The van der Waals surface area contributed by atoms with Gasteiger partial charge in [-0.1, -0.05) is 15.9 Å². The maximum atomic E-state index is 10.3. The van der Waals surface area contributed by atoms with Gasteiger partial charge in [-0.25, -0.2) is 0 Å². The molecule has 13 heavy (non-hydrogen) atoms. The smallest absolute Gasteiger partial charge is 0.0895 e. The van der Waals surface area contributed by atoms with Crippen molar-refractivity contribution in [1.29, 1.82) is 0 Å². The molecule has 0 aliphatic carbocycles. The van der Waals surface area contributed by atoms with Gasteiger partial charge >= 0.3 is 0 Å². The minimum atomic E-state index is -3.08. The Morgan fingerprint density at radius 3 is 1.38 bits per heavy atom. The molecule has 0 spiro atoms. The molecule has 0 saturated heterocycles. The minimum Gasteiger partial charge on any atom is -0.549 e. The maximum Gasteiger partial charge on any atom is 0.0895 e. The molecule has 0 atom stereocenters. The van der Waals surface area contributed by atoms with E-state index >= 15 is 0 Å². The Hall–Kier alpha value is -1.11. The van der Waals surface area contributed by atoms with E-state index in [1.807, 2.05) is 0 Å². The predicted molar refractivity (Wildman–Crippen MR) is 35.9 cm³/mol. The summed E-state index contributed by atoms with van der Waals surface area (Å²) in [6, 6.07) is 0. The molecule has 0 radical (unpaired) electrons. The topological polar surface area (TPSA) is 120 Å². The van der Waals surface area contributed by atoms with Crippen molar-refractivity contribution in [2.45, 2.75) is 6.42 Å². The van der Waals surface area contributed by atoms with Crippen LogP contribution in [0.1, 0.15) is 6.42 Å². The SMILES string of the molecule is O=C([O-])C(CCBr)(C(=O)[O-])C(=O)[O-]. The predicted octanol–water partition coefficient (Wildman–Crippen LogP) is -3.99. The van der Waals surface area contributed by atoms with E-state index in [1.54, 1.807) is 0 Å². The second kappa shape index (κ2) is 4.22. The van der Waals surface area contributed by atoms with Crippen LogP contribution in [0.2, 0.25) is 0 Å². The summed E-state index contributed by atoms with van der Waals surface area (Å²) >= 11 is 2.72. The number of aliphatic carboxylic acids is 3. The van der Waals surface area contributed by atoms with Crippen LogP contribution in [0, 0.1) is 5.41 Å². The normalized spacial score (nSPS) is 10.8. The van der Waals surface area contributed by atoms with E-state index in [1.165, 1.54) is 0 Å². The molecule has 0 aromatic heterocycles. The van der Waals surface area contributed by atoms with Crippen LogP contribution < -0.4 is 15.3 Å². The van der Waals surface area contributed by atoms with E-state index < -0.39 is 29.7 Å². The van der Waals surface area contributed by atoms with Gasteiger partial charge in [0.05, 0.1) is 23.3 Å². The Bertz CT molecular complexity index is 211. The van der Waals surface area contributed by atoms with Crippen LogP contribution in [0.4, 0.5) is 0 Å². The van der Waals surface area contributed by atoms with E-state index in [9.17, 15) is 29.7 Å². The van der Waals surface area contributed by atoms with Crippen LogP contribution in [0.3, 0.4) is 0 Å². The molecule has 6 nitrogen and oxygen atoms in total. The zero-order valence-electron chi connectivity index (χ0n) is 6.24. The van der Waals surface area contributed by atoms with Gasteiger partial charge in [-0.2, -0.15) is 0 Å². The Kier molecular flexibility index (Phi) is 3.86. The Morgan fingerprint density at radius 2 is 1.31 bits per heavy atom. The van der Waals surface area contributed by atoms with Crippen molar-refractivity contribution in [3.63, 3.8) is 0 Å². The third-order valence-electron chi connectivity index (χ3n) is 1.51. The summed E-state index contributed by atoms with van der Waals surface area (Å²) in [5.74, 6) is -6.73. The minimum absolute atomic E-state index is 0.136. The molecule has 7 heteroatoms. The third kappa shape index (κ3) is 1.97. The molecule has 0 saturated carbocycles. The molecule has 0 aliphatic rings. The van der Waals surface area contributed by atoms with Crippen LogP contribution in [0.25, 0.3) is 0 Å². The third-order valence-corrected chi connectivity index (χ3v) is 1.91. The Morgan fingerprint density at radius 1 is 1.00 bits per heavy atom. The second-order valence-electron chi connectivity index (χ2n) is 2.21. The molecule has 0 amide bonds. The fraction of sp³-hybridized carbons (Fsp3) is 0.500. The number of hydrogen-bond acceptors (Lipinski definition) is 6. The number of alkyl halides is 1. The lowest BCUT2D eigenvalue weighted by Gasteiger charge is -2.35. The fourth-order valence-electron chi connectivity index (χ4n) is 0.698. The quantitative estimate of drug-likeness (QED) is 0.363. The zero-order valence-corrected chi connectivity index (χ0v) is 7.83. The average molecular weight is 252 g/mol. The summed E-state index contributed by atoms with van der Waals surface area (Å²) in [6.45, 7) is 0. The van der Waals surface area contributed by atoms with Crippen molar-refractivity contribution in [3.8, 4) is 0 Å². The summed E-state index contributed by atoms with van der Waals surface area (Å²) in [5, 5.41) is 30.8. The van der Waals surface area contributed by atoms with Crippen molar-refractivity contribution in [3.05, 3.63) is 0 Å². The van der Waals surface area contributed by atoms with E-state index in [0.717, 1.165) is 0 Å². The number of carboxylic acids is 3. The first-order valence-corrected chi connectivity index (χ1v) is 4.22. The van der Waals surface area contributed by atoms with E-state index in [4.69, 9.17) is 0 Å². The zero-order chi connectivity index (χ0) is 10.6. The van der Waals surface area contributed by atoms with Crippen LogP contribution in [-0.2, 0) is 14.4 Å². The highest BCUT2D eigenvalue weighted by molar-refractivity contribution is 9.09. The number of hydrogen-bond donors (Lipinski definition) is 0. The summed E-state index contributed by atoms with van der Waals surface area (Å²) in [4.78, 5) is 31.0. The highest BCUT2D eigenvalue weighted by atomic mass is 79.9. The first-order chi connectivity index (χ1) is 5.89. The summed E-state index contributed by atoms with van der Waals surface area (Å²) in [6.07, 6.45) is -0.694. The molecular weight excluding hydrogens is 248 g/mol. The second-order valence-corrected chi connectivity index (χ2v) is 3.00. The van der Waals surface area contributed by atoms with Gasteiger partial charge in [-0.3, -0.25) is 0 Å². The highest BCUT2D eigenvalue weighted by Gasteiger charge is 2.34. The van der Waals surface area contributed by atoms with Gasteiger partial charge in [0.15, 0.2) is 0 Å². The monoisotopic (exact) mass is 251 g/mol. The lowest BCUT2D eigenvalue weighted by Crippen LogP contribution is -2.62. The van der Waals surface area contributed by atoms with Crippen molar-refractivity contribution >= 4 is 33.8 Å². The van der Waals surface area contributed by atoms with E-state index in [-0.39, 0.29) is 5.33 Å². The molecule has 0 aromatic carbocycles. The summed E-state index contributed by atoms with van der Waals surface area (Å²) in [5.41, 5.74) is -3.08. The average Bonchev–Trinajstić information content (AvgIpc) is 1.97. The molecule has 0 fully saturated rings. The van der Waals surface area contributed by atoms with E-state index in [0.29, 0.717) is 0 Å². The fourth-order valence-corrected chi connectivity index (χ4v) is 1.29. The van der Waals surface area contributed by atoms with Crippen molar-refractivity contribution in [2.75, 3.05) is 5.33 Å². The summed E-state index contributed by atoms with van der Waals surface area (Å²) in [7, 11) is 0. The van der Waals surface area contributed by atoms with Gasteiger partial charge in [-0.15, -0.1) is 0 Å². The Labute approximate surface area is 81.3 Å². The van der Waals surface area contributed by atoms with Gasteiger partial charge in [0.1, 0.15) is 0 Å². The first kappa shape index (κ1) is 11.9.